The highest BCUT2D eigenvalue weighted by atomic mass is 16.5. The van der Waals surface area contributed by atoms with Gasteiger partial charge < -0.3 is 9.47 Å². The normalized spacial score (nSPS) is 10.3. The minimum Gasteiger partial charge on any atom is -0.493 e. The van der Waals surface area contributed by atoms with Crippen LogP contribution in [0.15, 0.2) is 24.3 Å². The van der Waals surface area contributed by atoms with E-state index < -0.39 is 11.8 Å². The van der Waals surface area contributed by atoms with Gasteiger partial charge in [0.1, 0.15) is 12.4 Å². The number of nitrogens with one attached hydrogen (secondary N) is 2. The topological polar surface area (TPSA) is 76.7 Å². The third kappa shape index (κ3) is 6.76. The highest BCUT2D eigenvalue weighted by molar-refractivity contribution is 5.95. The molecular formula is C15H22N2O4. The van der Waals surface area contributed by atoms with Gasteiger partial charge >= 0.3 is 0 Å². The molecule has 6 nitrogen and oxygen atoms in total. The number of hydrazine groups is 1. The van der Waals surface area contributed by atoms with E-state index >= 15 is 0 Å². The predicted octanol–water partition coefficient (Wildman–Crippen LogP) is 1.52. The quantitative estimate of drug-likeness (QED) is 0.748. The predicted molar refractivity (Wildman–Crippen MR) is 78.9 cm³/mol. The van der Waals surface area contributed by atoms with Crippen LogP contribution in [-0.2, 0) is 9.53 Å². The van der Waals surface area contributed by atoms with Crippen molar-refractivity contribution in [3.63, 3.8) is 0 Å². The number of rotatable bonds is 7. The molecule has 116 valence electrons. The van der Waals surface area contributed by atoms with Crippen molar-refractivity contribution < 1.29 is 19.1 Å². The van der Waals surface area contributed by atoms with Crippen molar-refractivity contribution in [3.05, 3.63) is 29.8 Å². The standard InChI is InChI=1S/C15H22N2O4/c1-4-20-10-14(18)16-17-15(19)12-5-7-13(8-6-12)21-9-11(2)3/h5-8,11H,4,9-10H2,1-3H3,(H,16,18)(H,17,19). The third-order valence-electron chi connectivity index (χ3n) is 2.45. The molecule has 0 aliphatic carbocycles. The first-order valence-electron chi connectivity index (χ1n) is 6.92. The van der Waals surface area contributed by atoms with Crippen LogP contribution in [0.4, 0.5) is 0 Å². The van der Waals surface area contributed by atoms with Gasteiger partial charge in [0.15, 0.2) is 0 Å². The Kier molecular flexibility index (Phi) is 7.25. The second kappa shape index (κ2) is 8.97. The number of carbonyl (C=O) groups excluding carboxylic acids is 2. The van der Waals surface area contributed by atoms with E-state index in [-0.39, 0.29) is 6.61 Å². The largest absolute Gasteiger partial charge is 0.493 e. The summed E-state index contributed by atoms with van der Waals surface area (Å²) in [5, 5.41) is 0. The van der Waals surface area contributed by atoms with Gasteiger partial charge in [0, 0.05) is 12.2 Å². The lowest BCUT2D eigenvalue weighted by Crippen LogP contribution is -2.43. The van der Waals surface area contributed by atoms with Gasteiger partial charge in [-0.2, -0.15) is 0 Å². The lowest BCUT2D eigenvalue weighted by molar-refractivity contribution is -0.126. The molecule has 1 aromatic rings. The molecule has 0 atom stereocenters. The summed E-state index contributed by atoms with van der Waals surface area (Å²) in [6.45, 7) is 6.89. The van der Waals surface area contributed by atoms with Crippen molar-refractivity contribution in [1.82, 2.24) is 10.9 Å². The zero-order valence-electron chi connectivity index (χ0n) is 12.6. The van der Waals surface area contributed by atoms with Gasteiger partial charge in [0.05, 0.1) is 6.61 Å². The Morgan fingerprint density at radius 2 is 1.81 bits per heavy atom. The molecule has 1 aromatic carbocycles. The summed E-state index contributed by atoms with van der Waals surface area (Å²) >= 11 is 0. The minimum atomic E-state index is -0.401. The Morgan fingerprint density at radius 3 is 2.38 bits per heavy atom. The number of hydrogen-bond donors (Lipinski definition) is 2. The van der Waals surface area contributed by atoms with Gasteiger partial charge in [-0.25, -0.2) is 0 Å². The first kappa shape index (κ1) is 17.0. The van der Waals surface area contributed by atoms with Gasteiger partial charge in [-0.05, 0) is 37.1 Å². The maximum atomic E-state index is 11.8. The van der Waals surface area contributed by atoms with Crippen LogP contribution in [0, 0.1) is 5.92 Å². The SMILES string of the molecule is CCOCC(=O)NNC(=O)c1ccc(OCC(C)C)cc1. The van der Waals surface area contributed by atoms with Gasteiger partial charge in [-0.1, -0.05) is 13.8 Å². The second-order valence-corrected chi connectivity index (χ2v) is 4.87. The van der Waals surface area contributed by atoms with E-state index in [1.807, 2.05) is 0 Å². The third-order valence-corrected chi connectivity index (χ3v) is 2.45. The van der Waals surface area contributed by atoms with Crippen molar-refractivity contribution >= 4 is 11.8 Å². The van der Waals surface area contributed by atoms with Crippen LogP contribution >= 0.6 is 0 Å². The summed E-state index contributed by atoms with van der Waals surface area (Å²) in [7, 11) is 0. The molecular weight excluding hydrogens is 272 g/mol. The molecule has 0 saturated heterocycles. The van der Waals surface area contributed by atoms with Crippen molar-refractivity contribution in [3.8, 4) is 5.75 Å². The number of amides is 2. The van der Waals surface area contributed by atoms with E-state index in [0.29, 0.717) is 30.4 Å². The molecule has 0 bridgehead atoms. The smallest absolute Gasteiger partial charge is 0.269 e. The second-order valence-electron chi connectivity index (χ2n) is 4.87. The van der Waals surface area contributed by atoms with Gasteiger partial charge in [-0.3, -0.25) is 20.4 Å². The summed E-state index contributed by atoms with van der Waals surface area (Å²) < 4.78 is 10.4. The molecule has 0 aliphatic rings. The van der Waals surface area contributed by atoms with Crippen LogP contribution in [0.1, 0.15) is 31.1 Å². The molecule has 2 amide bonds. The zero-order chi connectivity index (χ0) is 15.7. The number of ether oxygens (including phenoxy) is 2. The van der Waals surface area contributed by atoms with E-state index in [0.717, 1.165) is 0 Å². The number of hydrogen-bond acceptors (Lipinski definition) is 4. The lowest BCUT2D eigenvalue weighted by atomic mass is 10.2. The van der Waals surface area contributed by atoms with Gasteiger partial charge in [0.2, 0.25) is 0 Å². The highest BCUT2D eigenvalue weighted by Crippen LogP contribution is 2.13. The molecule has 0 aliphatic heterocycles. The van der Waals surface area contributed by atoms with Crippen LogP contribution in [-0.4, -0.2) is 31.6 Å². The molecule has 0 radical (unpaired) electrons. The molecule has 0 unspecified atom stereocenters. The average Bonchev–Trinajstić information content (AvgIpc) is 2.49. The Morgan fingerprint density at radius 1 is 1.14 bits per heavy atom. The Balaban J connectivity index is 2.42. The number of carbonyl (C=O) groups is 2. The van der Waals surface area contributed by atoms with Crippen LogP contribution in [0.2, 0.25) is 0 Å². The van der Waals surface area contributed by atoms with Crippen LogP contribution in [0.25, 0.3) is 0 Å². The van der Waals surface area contributed by atoms with E-state index in [1.54, 1.807) is 31.2 Å². The minimum absolute atomic E-state index is 0.0846. The highest BCUT2D eigenvalue weighted by Gasteiger charge is 2.07. The zero-order valence-corrected chi connectivity index (χ0v) is 12.6. The monoisotopic (exact) mass is 294 g/mol. The van der Waals surface area contributed by atoms with Gasteiger partial charge in [0.25, 0.3) is 11.8 Å². The van der Waals surface area contributed by atoms with Crippen LogP contribution in [0.5, 0.6) is 5.75 Å². The maximum absolute atomic E-state index is 11.8. The fourth-order valence-corrected chi connectivity index (χ4v) is 1.39. The maximum Gasteiger partial charge on any atom is 0.269 e. The van der Waals surface area contributed by atoms with Crippen LogP contribution in [0.3, 0.4) is 0 Å². The Hall–Kier alpha value is -2.08. The molecule has 6 heteroatoms. The van der Waals surface area contributed by atoms with E-state index in [4.69, 9.17) is 9.47 Å². The van der Waals surface area contributed by atoms with Crippen molar-refractivity contribution in [2.45, 2.75) is 20.8 Å². The van der Waals surface area contributed by atoms with E-state index in [2.05, 4.69) is 24.7 Å². The van der Waals surface area contributed by atoms with Gasteiger partial charge in [-0.15, -0.1) is 0 Å². The van der Waals surface area contributed by atoms with E-state index in [9.17, 15) is 9.59 Å². The molecule has 21 heavy (non-hydrogen) atoms. The van der Waals surface area contributed by atoms with Crippen molar-refractivity contribution in [2.24, 2.45) is 5.92 Å². The lowest BCUT2D eigenvalue weighted by Gasteiger charge is -2.10. The molecule has 0 aromatic heterocycles. The molecule has 0 saturated carbocycles. The summed E-state index contributed by atoms with van der Waals surface area (Å²) in [5.41, 5.74) is 5.03. The summed E-state index contributed by atoms with van der Waals surface area (Å²) in [6.07, 6.45) is 0. The summed E-state index contributed by atoms with van der Waals surface area (Å²) in [6, 6.07) is 6.72. The first-order valence-corrected chi connectivity index (χ1v) is 6.92. The van der Waals surface area contributed by atoms with E-state index in [1.165, 1.54) is 0 Å². The Labute approximate surface area is 124 Å². The molecule has 1 rings (SSSR count). The average molecular weight is 294 g/mol. The molecule has 0 fully saturated rings. The molecule has 2 N–H and O–H groups in total. The van der Waals surface area contributed by atoms with Crippen molar-refractivity contribution in [1.29, 1.82) is 0 Å². The number of benzene rings is 1. The fraction of sp³-hybridized carbons (Fsp3) is 0.467. The fourth-order valence-electron chi connectivity index (χ4n) is 1.39. The molecule has 0 heterocycles. The molecule has 0 spiro atoms. The van der Waals surface area contributed by atoms with Crippen LogP contribution < -0.4 is 15.6 Å². The Bertz CT molecular complexity index is 457. The summed E-state index contributed by atoms with van der Waals surface area (Å²) in [5.74, 6) is 0.353. The van der Waals surface area contributed by atoms with Crippen molar-refractivity contribution in [2.75, 3.05) is 19.8 Å². The first-order chi connectivity index (χ1) is 10.0. The summed E-state index contributed by atoms with van der Waals surface area (Å²) in [4.78, 5) is 23.1.